The van der Waals surface area contributed by atoms with Crippen molar-refractivity contribution in [2.75, 3.05) is 19.6 Å². The number of carbonyl (C=O) groups is 2. The lowest BCUT2D eigenvalue weighted by Gasteiger charge is -2.30. The summed E-state index contributed by atoms with van der Waals surface area (Å²) in [5.74, 6) is -0.572. The van der Waals surface area contributed by atoms with Gasteiger partial charge in [0, 0.05) is 37.0 Å². The number of rotatable bonds is 7. The molecule has 0 aromatic carbocycles. The van der Waals surface area contributed by atoms with Crippen molar-refractivity contribution >= 4 is 33.2 Å². The summed E-state index contributed by atoms with van der Waals surface area (Å²) in [6, 6.07) is 3.69. The molecule has 3 rings (SSSR count). The van der Waals surface area contributed by atoms with E-state index in [2.05, 4.69) is 10.6 Å². The Hall–Kier alpha value is -1.45. The number of nitrogens with one attached hydrogen (secondary N) is 2. The first-order valence-corrected chi connectivity index (χ1v) is 12.8. The van der Waals surface area contributed by atoms with E-state index in [-0.39, 0.29) is 43.3 Å². The maximum absolute atomic E-state index is 12.8. The van der Waals surface area contributed by atoms with Crippen molar-refractivity contribution in [1.82, 2.24) is 14.9 Å². The van der Waals surface area contributed by atoms with Gasteiger partial charge in [-0.3, -0.25) is 9.59 Å². The Morgan fingerprint density at radius 1 is 1.14 bits per heavy atom. The van der Waals surface area contributed by atoms with Crippen molar-refractivity contribution in [3.05, 3.63) is 17.0 Å². The molecule has 1 atom stereocenters. The monoisotopic (exact) mass is 441 g/mol. The van der Waals surface area contributed by atoms with Crippen molar-refractivity contribution in [2.45, 2.75) is 68.5 Å². The molecular weight excluding hydrogens is 410 g/mol. The molecule has 1 aromatic rings. The Balaban J connectivity index is 1.45. The zero-order chi connectivity index (χ0) is 20.9. The van der Waals surface area contributed by atoms with Gasteiger partial charge in [0.1, 0.15) is 4.21 Å². The van der Waals surface area contributed by atoms with Gasteiger partial charge < -0.3 is 10.6 Å². The second-order valence-corrected chi connectivity index (χ2v) is 11.5. The molecule has 0 bridgehead atoms. The second-order valence-electron chi connectivity index (χ2n) is 8.01. The summed E-state index contributed by atoms with van der Waals surface area (Å²) in [6.07, 6.45) is 7.21. The third-order valence-corrected chi connectivity index (χ3v) is 9.02. The smallest absolute Gasteiger partial charge is 0.252 e. The maximum Gasteiger partial charge on any atom is 0.252 e. The van der Waals surface area contributed by atoms with Gasteiger partial charge in [0.2, 0.25) is 11.8 Å². The normalized spacial score (nSPS) is 21.6. The molecule has 1 aliphatic carbocycles. The van der Waals surface area contributed by atoms with Crippen LogP contribution < -0.4 is 10.6 Å². The Labute approximate surface area is 177 Å². The van der Waals surface area contributed by atoms with Crippen LogP contribution >= 0.6 is 11.3 Å². The SMILES string of the molecule is Cc1ccc(S(=O)(=O)N2CCCC(C(=O)NCCC(=O)NC3CCCCC3)C2)s1. The highest BCUT2D eigenvalue weighted by molar-refractivity contribution is 7.91. The summed E-state index contributed by atoms with van der Waals surface area (Å²) >= 11 is 1.25. The molecule has 0 radical (unpaired) electrons. The molecule has 7 nitrogen and oxygen atoms in total. The van der Waals surface area contributed by atoms with Gasteiger partial charge in [-0.2, -0.15) is 4.31 Å². The van der Waals surface area contributed by atoms with Gasteiger partial charge in [0.25, 0.3) is 10.0 Å². The van der Waals surface area contributed by atoms with Crippen LogP contribution in [-0.4, -0.2) is 50.2 Å². The third-order valence-electron chi connectivity index (χ3n) is 5.69. The van der Waals surface area contributed by atoms with E-state index < -0.39 is 10.0 Å². The highest BCUT2D eigenvalue weighted by Crippen LogP contribution is 2.28. The molecule has 1 saturated carbocycles. The van der Waals surface area contributed by atoms with Crippen LogP contribution in [0.1, 0.15) is 56.2 Å². The minimum atomic E-state index is -3.55. The number of nitrogens with zero attached hydrogens (tertiary/aromatic N) is 1. The van der Waals surface area contributed by atoms with E-state index in [4.69, 9.17) is 0 Å². The molecule has 29 heavy (non-hydrogen) atoms. The first-order chi connectivity index (χ1) is 13.9. The predicted molar refractivity (Wildman–Crippen MR) is 113 cm³/mol. The quantitative estimate of drug-likeness (QED) is 0.679. The van der Waals surface area contributed by atoms with E-state index in [0.717, 1.165) is 30.6 Å². The first kappa shape index (κ1) is 22.2. The zero-order valence-corrected chi connectivity index (χ0v) is 18.6. The number of hydrogen-bond acceptors (Lipinski definition) is 5. The van der Waals surface area contributed by atoms with Gasteiger partial charge in [0.05, 0.1) is 5.92 Å². The largest absolute Gasteiger partial charge is 0.355 e. The Morgan fingerprint density at radius 3 is 2.59 bits per heavy atom. The Morgan fingerprint density at radius 2 is 1.90 bits per heavy atom. The topological polar surface area (TPSA) is 95.6 Å². The molecule has 1 aromatic heterocycles. The van der Waals surface area contributed by atoms with Gasteiger partial charge in [-0.25, -0.2) is 8.42 Å². The minimum Gasteiger partial charge on any atom is -0.355 e. The van der Waals surface area contributed by atoms with Crippen molar-refractivity contribution in [3.8, 4) is 0 Å². The standard InChI is InChI=1S/C20H31N3O4S2/c1-15-9-10-19(28-15)29(26,27)23-13-5-6-16(14-23)20(25)21-12-11-18(24)22-17-7-3-2-4-8-17/h9-10,16-17H,2-8,11-14H2,1H3,(H,21,25)(H,22,24). The fraction of sp³-hybridized carbons (Fsp3) is 0.700. The predicted octanol–water partition coefficient (Wildman–Crippen LogP) is 2.41. The summed E-state index contributed by atoms with van der Waals surface area (Å²) < 4.78 is 27.4. The second kappa shape index (κ2) is 10.0. The van der Waals surface area contributed by atoms with Crippen LogP contribution in [0.15, 0.2) is 16.3 Å². The molecule has 0 spiro atoms. The molecule has 9 heteroatoms. The number of carbonyl (C=O) groups excluding carboxylic acids is 2. The molecule has 2 N–H and O–H groups in total. The van der Waals surface area contributed by atoms with Crippen LogP contribution in [0.4, 0.5) is 0 Å². The van der Waals surface area contributed by atoms with Crippen molar-refractivity contribution in [3.63, 3.8) is 0 Å². The summed E-state index contributed by atoms with van der Waals surface area (Å²) in [5.41, 5.74) is 0. The van der Waals surface area contributed by atoms with Gasteiger partial charge in [-0.15, -0.1) is 11.3 Å². The molecule has 1 saturated heterocycles. The third kappa shape index (κ3) is 6.02. The highest BCUT2D eigenvalue weighted by Gasteiger charge is 2.34. The average Bonchev–Trinajstić information content (AvgIpc) is 3.16. The molecule has 2 aliphatic rings. The fourth-order valence-corrected chi connectivity index (χ4v) is 7.00. The van der Waals surface area contributed by atoms with E-state index in [1.807, 2.05) is 6.92 Å². The van der Waals surface area contributed by atoms with Crippen LogP contribution in [0.2, 0.25) is 0 Å². The number of thiophene rings is 1. The van der Waals surface area contributed by atoms with Crippen molar-refractivity contribution in [1.29, 1.82) is 0 Å². The molecule has 162 valence electrons. The van der Waals surface area contributed by atoms with Gasteiger partial charge >= 0.3 is 0 Å². The molecule has 2 fully saturated rings. The van der Waals surface area contributed by atoms with Crippen molar-refractivity contribution < 1.29 is 18.0 Å². The lowest BCUT2D eigenvalue weighted by atomic mass is 9.95. The fourth-order valence-electron chi connectivity index (χ4n) is 4.04. The minimum absolute atomic E-state index is 0.0295. The Kier molecular flexibility index (Phi) is 7.70. The number of hydrogen-bond donors (Lipinski definition) is 2. The van der Waals surface area contributed by atoms with Crippen LogP contribution in [0, 0.1) is 12.8 Å². The molecule has 1 aliphatic heterocycles. The average molecular weight is 442 g/mol. The van der Waals surface area contributed by atoms with Crippen LogP contribution in [0.5, 0.6) is 0 Å². The summed E-state index contributed by atoms with van der Waals surface area (Å²) in [7, 11) is -3.55. The van der Waals surface area contributed by atoms with Gasteiger partial charge in [0.15, 0.2) is 0 Å². The van der Waals surface area contributed by atoms with Gasteiger partial charge in [-0.05, 0) is 44.7 Å². The Bertz CT molecular complexity index is 815. The van der Waals surface area contributed by atoms with E-state index in [0.29, 0.717) is 23.6 Å². The summed E-state index contributed by atoms with van der Waals surface area (Å²) in [5, 5.41) is 5.86. The van der Waals surface area contributed by atoms with E-state index >= 15 is 0 Å². The number of sulfonamides is 1. The van der Waals surface area contributed by atoms with E-state index in [1.165, 1.54) is 22.1 Å². The number of aryl methyl sites for hydroxylation is 1. The van der Waals surface area contributed by atoms with Crippen LogP contribution in [0.25, 0.3) is 0 Å². The number of amides is 2. The van der Waals surface area contributed by atoms with Crippen LogP contribution in [-0.2, 0) is 19.6 Å². The molecule has 1 unspecified atom stereocenters. The lowest BCUT2D eigenvalue weighted by Crippen LogP contribution is -2.46. The van der Waals surface area contributed by atoms with Gasteiger partial charge in [-0.1, -0.05) is 19.3 Å². The van der Waals surface area contributed by atoms with E-state index in [9.17, 15) is 18.0 Å². The zero-order valence-electron chi connectivity index (χ0n) is 17.0. The summed E-state index contributed by atoms with van der Waals surface area (Å²) in [6.45, 7) is 2.79. The molecular formula is C20H31N3O4S2. The first-order valence-electron chi connectivity index (χ1n) is 10.5. The van der Waals surface area contributed by atoms with Crippen LogP contribution in [0.3, 0.4) is 0 Å². The molecule has 2 amide bonds. The highest BCUT2D eigenvalue weighted by atomic mass is 32.2. The molecule has 2 heterocycles. The number of piperidine rings is 1. The van der Waals surface area contributed by atoms with E-state index in [1.54, 1.807) is 12.1 Å². The van der Waals surface area contributed by atoms with Crippen molar-refractivity contribution in [2.24, 2.45) is 5.92 Å². The lowest BCUT2D eigenvalue weighted by molar-refractivity contribution is -0.126. The maximum atomic E-state index is 12.8. The summed E-state index contributed by atoms with van der Waals surface area (Å²) in [4.78, 5) is 25.5.